The molecule has 4 aromatic rings. The fraction of sp³-hybridized carbons (Fsp3) is 0.357. The number of hydrogen-bond acceptors (Lipinski definition) is 9. The molecule has 1 aliphatic rings. The van der Waals surface area contributed by atoms with Gasteiger partial charge >= 0.3 is 6.18 Å². The molecule has 0 aliphatic carbocycles. The minimum Gasteiger partial charge on any atom is -0.494 e. The monoisotopic (exact) mass is 553 g/mol. The molecule has 1 unspecified atom stereocenters. The number of pyridine rings is 1. The van der Waals surface area contributed by atoms with Gasteiger partial charge in [-0.25, -0.2) is 19.9 Å². The number of methoxy groups -OCH3 is 1. The maximum atomic E-state index is 13.4. The quantitative estimate of drug-likeness (QED) is 0.335. The van der Waals surface area contributed by atoms with E-state index in [2.05, 4.69) is 38.3 Å². The summed E-state index contributed by atoms with van der Waals surface area (Å²) in [4.78, 5) is 21.8. The highest BCUT2D eigenvalue weighted by atomic mass is 19.4. The van der Waals surface area contributed by atoms with E-state index in [0.717, 1.165) is 18.1 Å². The summed E-state index contributed by atoms with van der Waals surface area (Å²) in [6.45, 7) is 10.8. The highest BCUT2D eigenvalue weighted by Gasteiger charge is 2.33. The Morgan fingerprint density at radius 1 is 1.10 bits per heavy atom. The maximum Gasteiger partial charge on any atom is 0.433 e. The average Bonchev–Trinajstić information content (AvgIpc) is 3.41. The molecule has 3 aromatic heterocycles. The van der Waals surface area contributed by atoms with Gasteiger partial charge in [-0.1, -0.05) is 13.5 Å². The van der Waals surface area contributed by atoms with Gasteiger partial charge in [-0.2, -0.15) is 13.2 Å². The lowest BCUT2D eigenvalue weighted by Gasteiger charge is -2.36. The third-order valence-corrected chi connectivity index (χ3v) is 6.95. The lowest BCUT2D eigenvalue weighted by atomic mass is 10.1. The first-order chi connectivity index (χ1) is 19.1. The van der Waals surface area contributed by atoms with E-state index >= 15 is 0 Å². The normalized spacial score (nSPS) is 15.0. The second kappa shape index (κ2) is 10.8. The molecule has 1 fully saturated rings. The number of anilines is 1. The molecular weight excluding hydrogens is 523 g/mol. The van der Waals surface area contributed by atoms with Crippen molar-refractivity contribution >= 4 is 22.5 Å². The lowest BCUT2D eigenvalue weighted by molar-refractivity contribution is -0.140. The zero-order valence-electron chi connectivity index (χ0n) is 22.5. The summed E-state index contributed by atoms with van der Waals surface area (Å²) in [7, 11) is 1.38. The van der Waals surface area contributed by atoms with E-state index in [1.807, 2.05) is 12.4 Å². The molecule has 1 aromatic carbocycles. The third-order valence-electron chi connectivity index (χ3n) is 6.95. The van der Waals surface area contributed by atoms with Gasteiger partial charge < -0.3 is 24.7 Å². The molecule has 1 atom stereocenters. The van der Waals surface area contributed by atoms with Gasteiger partial charge in [0.1, 0.15) is 22.7 Å². The Morgan fingerprint density at radius 2 is 1.80 bits per heavy atom. The Kier molecular flexibility index (Phi) is 7.37. The zero-order valence-corrected chi connectivity index (χ0v) is 22.5. The molecule has 0 amide bonds. The van der Waals surface area contributed by atoms with Crippen molar-refractivity contribution in [1.29, 1.82) is 0 Å². The van der Waals surface area contributed by atoms with Crippen molar-refractivity contribution in [1.82, 2.24) is 24.8 Å². The predicted octanol–water partition coefficient (Wildman–Crippen LogP) is 5.08. The van der Waals surface area contributed by atoms with Crippen LogP contribution in [0.2, 0.25) is 0 Å². The second-order valence-electron chi connectivity index (χ2n) is 9.59. The van der Waals surface area contributed by atoms with Crippen LogP contribution in [0.1, 0.15) is 42.6 Å². The molecule has 0 spiro atoms. The fourth-order valence-corrected chi connectivity index (χ4v) is 4.68. The third kappa shape index (κ3) is 5.18. The van der Waals surface area contributed by atoms with Crippen LogP contribution in [0.4, 0.5) is 19.1 Å². The number of ether oxygens (including phenoxy) is 1. The van der Waals surface area contributed by atoms with E-state index in [0.29, 0.717) is 60.2 Å². The first kappa shape index (κ1) is 27.4. The number of piperazine rings is 1. The molecule has 9 nitrogen and oxygen atoms in total. The van der Waals surface area contributed by atoms with Crippen LogP contribution in [0, 0.1) is 0 Å². The summed E-state index contributed by atoms with van der Waals surface area (Å²) in [5.74, 6) is 1.54. The Morgan fingerprint density at radius 3 is 2.40 bits per heavy atom. The van der Waals surface area contributed by atoms with Crippen LogP contribution in [-0.2, 0) is 12.6 Å². The largest absolute Gasteiger partial charge is 0.494 e. The highest BCUT2D eigenvalue weighted by molar-refractivity contribution is 5.96. The van der Waals surface area contributed by atoms with Crippen molar-refractivity contribution in [2.45, 2.75) is 32.5 Å². The molecule has 2 N–H and O–H groups in total. The van der Waals surface area contributed by atoms with Crippen LogP contribution >= 0.6 is 0 Å². The van der Waals surface area contributed by atoms with Crippen molar-refractivity contribution in [3.63, 3.8) is 0 Å². The fourth-order valence-electron chi connectivity index (χ4n) is 4.68. The molecule has 5 rings (SSSR count). The molecule has 1 saturated heterocycles. The topological polar surface area (TPSA) is 106 Å². The first-order valence-corrected chi connectivity index (χ1v) is 12.9. The summed E-state index contributed by atoms with van der Waals surface area (Å²) in [6, 6.07) is 5.01. The van der Waals surface area contributed by atoms with Crippen molar-refractivity contribution < 1.29 is 22.3 Å². The number of fused-ring (bicyclic) bond motifs is 1. The van der Waals surface area contributed by atoms with E-state index in [4.69, 9.17) is 19.9 Å². The molecule has 1 aliphatic heterocycles. The van der Waals surface area contributed by atoms with Gasteiger partial charge in [-0.3, -0.25) is 0 Å². The molecule has 12 heteroatoms. The molecule has 0 saturated carbocycles. The molecule has 4 heterocycles. The van der Waals surface area contributed by atoms with E-state index < -0.39 is 17.9 Å². The lowest BCUT2D eigenvalue weighted by Crippen LogP contribution is -2.46. The van der Waals surface area contributed by atoms with Gasteiger partial charge in [-0.15, -0.1) is 0 Å². The van der Waals surface area contributed by atoms with Gasteiger partial charge in [0.15, 0.2) is 5.76 Å². The maximum absolute atomic E-state index is 13.4. The minimum atomic E-state index is -4.60. The average molecular weight is 554 g/mol. The number of nitrogens with zero attached hydrogens (tertiary/aromatic N) is 6. The molecular formula is C28H30F3N7O2. The van der Waals surface area contributed by atoms with Gasteiger partial charge in [0.2, 0.25) is 11.8 Å². The summed E-state index contributed by atoms with van der Waals surface area (Å²) in [6.07, 6.45) is -0.0171. The Bertz CT molecular complexity index is 1530. The number of oxazole rings is 1. The Hall–Kier alpha value is -4.19. The molecule has 0 bridgehead atoms. The SMILES string of the molecule is C=C(c1nc(-c2ccc(OC)c3nc(C(F)(F)F)ccc23)oc1C(C)N)N1CCN(c2ncc(CC)cn2)CC1. The number of aryl methyl sites for hydroxylation is 1. The van der Waals surface area contributed by atoms with Crippen LogP contribution in [0.5, 0.6) is 5.75 Å². The van der Waals surface area contributed by atoms with Crippen LogP contribution in [0.15, 0.2) is 47.7 Å². The van der Waals surface area contributed by atoms with Gasteiger partial charge in [0.05, 0.1) is 18.8 Å². The van der Waals surface area contributed by atoms with E-state index in [1.54, 1.807) is 19.1 Å². The smallest absolute Gasteiger partial charge is 0.433 e. The first-order valence-electron chi connectivity index (χ1n) is 12.9. The number of aromatic nitrogens is 4. The van der Waals surface area contributed by atoms with Crippen LogP contribution in [0.3, 0.4) is 0 Å². The number of alkyl halides is 3. The number of hydrogen-bond donors (Lipinski definition) is 1. The summed E-state index contributed by atoms with van der Waals surface area (Å²) < 4.78 is 51.5. The minimum absolute atomic E-state index is 0.0565. The summed E-state index contributed by atoms with van der Waals surface area (Å²) >= 11 is 0. The van der Waals surface area contributed by atoms with Crippen LogP contribution in [0.25, 0.3) is 28.1 Å². The van der Waals surface area contributed by atoms with E-state index in [9.17, 15) is 13.2 Å². The van der Waals surface area contributed by atoms with Crippen molar-refractivity contribution in [3.8, 4) is 17.2 Å². The highest BCUT2D eigenvalue weighted by Crippen LogP contribution is 2.38. The van der Waals surface area contributed by atoms with Crippen LogP contribution in [-0.4, -0.2) is 58.1 Å². The summed E-state index contributed by atoms with van der Waals surface area (Å²) in [5.41, 5.74) is 8.00. The number of nitrogens with two attached hydrogens (primary N) is 1. The number of halogens is 3. The van der Waals surface area contributed by atoms with Crippen molar-refractivity contribution in [2.75, 3.05) is 38.2 Å². The van der Waals surface area contributed by atoms with Gasteiger partial charge in [0.25, 0.3) is 0 Å². The van der Waals surface area contributed by atoms with Gasteiger partial charge in [0, 0.05) is 49.5 Å². The zero-order chi connectivity index (χ0) is 28.6. The second-order valence-corrected chi connectivity index (χ2v) is 9.59. The number of benzene rings is 1. The number of rotatable bonds is 7. The van der Waals surface area contributed by atoms with E-state index in [-0.39, 0.29) is 17.2 Å². The van der Waals surface area contributed by atoms with Crippen molar-refractivity contribution in [3.05, 3.63) is 65.9 Å². The summed E-state index contributed by atoms with van der Waals surface area (Å²) in [5, 5.41) is 0.407. The molecule has 210 valence electrons. The standard InChI is InChI=1S/C28H30F3N7O2/c1-5-18-14-33-27(34-15-18)38-12-10-37(11-13-38)17(3)23-25(16(2)32)40-26(36-23)20-6-8-21(39-4)24-19(20)7-9-22(35-24)28(29,30)31/h6-9,14-16H,3,5,10-13,32H2,1-2,4H3. The Labute approximate surface area is 229 Å². The molecule has 40 heavy (non-hydrogen) atoms. The van der Waals surface area contributed by atoms with Crippen LogP contribution < -0.4 is 15.4 Å². The Balaban J connectivity index is 1.44. The predicted molar refractivity (Wildman–Crippen MR) is 146 cm³/mol. The van der Waals surface area contributed by atoms with Gasteiger partial charge in [-0.05, 0) is 43.2 Å². The van der Waals surface area contributed by atoms with E-state index in [1.165, 1.54) is 13.2 Å². The van der Waals surface area contributed by atoms with Crippen molar-refractivity contribution in [2.24, 2.45) is 5.73 Å². The molecule has 0 radical (unpaired) electrons.